The second-order valence-corrected chi connectivity index (χ2v) is 12.2. The maximum atomic E-state index is 13.5. The van der Waals surface area contributed by atoms with Gasteiger partial charge in [0.25, 0.3) is 0 Å². The van der Waals surface area contributed by atoms with Crippen LogP contribution in [0, 0.1) is 11.8 Å². The van der Waals surface area contributed by atoms with Crippen LogP contribution in [0.1, 0.15) is 72.3 Å². The van der Waals surface area contributed by atoms with Gasteiger partial charge in [-0.3, -0.25) is 33.6 Å². The van der Waals surface area contributed by atoms with Crippen LogP contribution in [0.25, 0.3) is 0 Å². The van der Waals surface area contributed by atoms with Gasteiger partial charge in [-0.25, -0.2) is 0 Å². The van der Waals surface area contributed by atoms with E-state index in [2.05, 4.69) is 31.9 Å². The molecule has 0 aliphatic carbocycles. The quantitative estimate of drug-likeness (QED) is 0.0663. The van der Waals surface area contributed by atoms with E-state index in [1.54, 1.807) is 26.0 Å². The van der Waals surface area contributed by atoms with Gasteiger partial charge in [0.1, 0.15) is 29.9 Å². The van der Waals surface area contributed by atoms with Gasteiger partial charge in [0.2, 0.25) is 41.4 Å². The molecule has 11 N–H and O–H groups in total. The molecule has 0 unspecified atom stereocenters. The van der Waals surface area contributed by atoms with Crippen LogP contribution in [0.3, 0.4) is 0 Å². The van der Waals surface area contributed by atoms with Crippen LogP contribution in [0.4, 0.5) is 0 Å². The van der Waals surface area contributed by atoms with Crippen molar-refractivity contribution in [3.63, 3.8) is 0 Å². The molecular weight excluding hydrogens is 636 g/mol. The first-order valence-electron chi connectivity index (χ1n) is 16.6. The highest BCUT2D eigenvalue weighted by Gasteiger charge is 2.33. The van der Waals surface area contributed by atoms with Crippen molar-refractivity contribution < 1.29 is 38.7 Å². The van der Waals surface area contributed by atoms with E-state index in [9.17, 15) is 38.7 Å². The SMILES string of the molecule is CC[C@H](C)[C@H](NC(=O)CNC(=O)CNC(=O)[C@H](Cc1ccc(O)cc1)NC(C)=O)C(=O)N[C@H](C(=O)N[C@@H](CCCCN)C(N)=O)[C@@H](C)CC. The van der Waals surface area contributed by atoms with E-state index < -0.39 is 78.6 Å². The molecule has 1 rings (SSSR count). The molecule has 1 aromatic carbocycles. The lowest BCUT2D eigenvalue weighted by molar-refractivity contribution is -0.135. The summed E-state index contributed by atoms with van der Waals surface area (Å²) in [6.07, 6.45) is 2.66. The molecule has 0 heterocycles. The van der Waals surface area contributed by atoms with Gasteiger partial charge in [-0.15, -0.1) is 0 Å². The summed E-state index contributed by atoms with van der Waals surface area (Å²) in [4.78, 5) is 88.4. The van der Waals surface area contributed by atoms with E-state index in [4.69, 9.17) is 11.5 Å². The van der Waals surface area contributed by atoms with Crippen molar-refractivity contribution in [3.05, 3.63) is 29.8 Å². The molecule has 0 aromatic heterocycles. The minimum atomic E-state index is -1.05. The first-order valence-corrected chi connectivity index (χ1v) is 16.6. The van der Waals surface area contributed by atoms with Crippen molar-refractivity contribution in [1.82, 2.24) is 31.9 Å². The van der Waals surface area contributed by atoms with Gasteiger partial charge in [-0.2, -0.15) is 0 Å². The Balaban J connectivity index is 2.83. The molecule has 0 radical (unpaired) electrons. The highest BCUT2D eigenvalue weighted by Crippen LogP contribution is 2.14. The fraction of sp³-hybridized carbons (Fsp3) is 0.606. The van der Waals surface area contributed by atoms with E-state index in [0.717, 1.165) is 0 Å². The van der Waals surface area contributed by atoms with Crippen LogP contribution < -0.4 is 43.4 Å². The number of carbonyl (C=O) groups excluding carboxylic acids is 7. The molecule has 0 saturated carbocycles. The molecule has 0 fully saturated rings. The van der Waals surface area contributed by atoms with Gasteiger partial charge in [-0.1, -0.05) is 52.7 Å². The lowest BCUT2D eigenvalue weighted by Gasteiger charge is -2.29. The highest BCUT2D eigenvalue weighted by atomic mass is 16.3. The third-order valence-corrected chi connectivity index (χ3v) is 8.15. The van der Waals surface area contributed by atoms with Crippen LogP contribution >= 0.6 is 0 Å². The number of phenolic OH excluding ortho intramolecular Hbond substituents is 1. The van der Waals surface area contributed by atoms with Crippen molar-refractivity contribution >= 4 is 41.4 Å². The average Bonchev–Trinajstić information content (AvgIpc) is 3.06. The average molecular weight is 691 g/mol. The largest absolute Gasteiger partial charge is 0.508 e. The predicted octanol–water partition coefficient (Wildman–Crippen LogP) is -1.17. The smallest absolute Gasteiger partial charge is 0.243 e. The Morgan fingerprint density at radius 2 is 1.27 bits per heavy atom. The molecule has 16 nitrogen and oxygen atoms in total. The minimum absolute atomic E-state index is 0.0452. The Labute approximate surface area is 287 Å². The van der Waals surface area contributed by atoms with Crippen molar-refractivity contribution in [3.8, 4) is 5.75 Å². The molecule has 7 amide bonds. The standard InChI is InChI=1S/C33H54N8O8/c1-6-19(3)28(33(49)41-29(20(4)7-2)32(48)39-24(30(35)46)10-8-9-15-34)40-27(45)18-36-26(44)17-37-31(47)25(38-21(5)42)16-22-11-13-23(43)14-12-22/h11-14,19-20,24-25,28-29,43H,6-10,15-18,34H2,1-5H3,(H2,35,46)(H,36,44)(H,37,47)(H,38,42)(H,39,48)(H,40,45)(H,41,49)/t19-,20-,24-,25-,28-,29-/m0/s1. The van der Waals surface area contributed by atoms with E-state index in [-0.39, 0.29) is 24.0 Å². The summed E-state index contributed by atoms with van der Waals surface area (Å²) in [7, 11) is 0. The van der Waals surface area contributed by atoms with E-state index in [1.807, 2.05) is 13.8 Å². The molecule has 0 bridgehead atoms. The fourth-order valence-corrected chi connectivity index (χ4v) is 4.77. The first kappa shape index (κ1) is 42.3. The maximum Gasteiger partial charge on any atom is 0.243 e. The number of hydrogen-bond acceptors (Lipinski definition) is 9. The van der Waals surface area contributed by atoms with E-state index in [0.29, 0.717) is 44.2 Å². The number of primary amides is 1. The van der Waals surface area contributed by atoms with Gasteiger partial charge in [0.15, 0.2) is 0 Å². The third kappa shape index (κ3) is 15.8. The second kappa shape index (κ2) is 22.0. The van der Waals surface area contributed by atoms with Crippen molar-refractivity contribution in [2.45, 2.75) is 97.3 Å². The highest BCUT2D eigenvalue weighted by molar-refractivity contribution is 5.95. The summed E-state index contributed by atoms with van der Waals surface area (Å²) in [5.74, 6) is -4.98. The number of nitrogens with one attached hydrogen (secondary N) is 6. The molecule has 0 saturated heterocycles. The van der Waals surface area contributed by atoms with Crippen molar-refractivity contribution in [1.29, 1.82) is 0 Å². The summed E-state index contributed by atoms with van der Waals surface area (Å²) in [6, 6.07) is 2.09. The molecule has 0 spiro atoms. The van der Waals surface area contributed by atoms with Gasteiger partial charge in [-0.05, 0) is 55.3 Å². The molecule has 16 heteroatoms. The first-order chi connectivity index (χ1) is 23.1. The third-order valence-electron chi connectivity index (χ3n) is 8.15. The number of benzene rings is 1. The summed E-state index contributed by atoms with van der Waals surface area (Å²) in [6.45, 7) is 7.88. The number of hydrogen-bond donors (Lipinski definition) is 9. The number of aromatic hydroxyl groups is 1. The second-order valence-electron chi connectivity index (χ2n) is 12.2. The zero-order valence-corrected chi connectivity index (χ0v) is 29.1. The zero-order chi connectivity index (χ0) is 37.1. The molecule has 274 valence electrons. The Kier molecular flexibility index (Phi) is 19.0. The number of carbonyl (C=O) groups is 7. The van der Waals surface area contributed by atoms with Gasteiger partial charge in [0, 0.05) is 13.3 Å². The predicted molar refractivity (Wildman–Crippen MR) is 182 cm³/mol. The Morgan fingerprint density at radius 3 is 1.80 bits per heavy atom. The van der Waals surface area contributed by atoms with Gasteiger partial charge < -0.3 is 48.5 Å². The van der Waals surface area contributed by atoms with Crippen LogP contribution in [0.15, 0.2) is 24.3 Å². The molecule has 49 heavy (non-hydrogen) atoms. The Bertz CT molecular complexity index is 1280. The molecule has 6 atom stereocenters. The minimum Gasteiger partial charge on any atom is -0.508 e. The van der Waals surface area contributed by atoms with Crippen molar-refractivity contribution in [2.75, 3.05) is 19.6 Å². The number of nitrogens with two attached hydrogens (primary N) is 2. The molecule has 1 aromatic rings. The number of unbranched alkanes of at least 4 members (excludes halogenated alkanes) is 1. The normalized spacial score (nSPS) is 14.5. The monoisotopic (exact) mass is 690 g/mol. The van der Waals surface area contributed by atoms with Crippen LogP contribution in [0.2, 0.25) is 0 Å². The molecule has 0 aliphatic heterocycles. The summed E-state index contributed by atoms with van der Waals surface area (Å²) >= 11 is 0. The Morgan fingerprint density at radius 1 is 0.714 bits per heavy atom. The van der Waals surface area contributed by atoms with E-state index in [1.165, 1.54) is 19.1 Å². The van der Waals surface area contributed by atoms with Crippen LogP contribution in [-0.2, 0) is 40.0 Å². The number of rotatable bonds is 22. The van der Waals surface area contributed by atoms with Gasteiger partial charge in [0.05, 0.1) is 13.1 Å². The van der Waals surface area contributed by atoms with Gasteiger partial charge >= 0.3 is 0 Å². The zero-order valence-electron chi connectivity index (χ0n) is 29.1. The Hall–Kier alpha value is -4.73. The maximum absolute atomic E-state index is 13.5. The lowest BCUT2D eigenvalue weighted by Crippen LogP contribution is -2.59. The lowest BCUT2D eigenvalue weighted by atomic mass is 9.94. The fourth-order valence-electron chi connectivity index (χ4n) is 4.77. The van der Waals surface area contributed by atoms with Crippen LogP contribution in [-0.4, -0.2) is 90.3 Å². The number of amides is 7. The van der Waals surface area contributed by atoms with E-state index >= 15 is 0 Å². The molecular formula is C33H54N8O8. The molecule has 0 aliphatic rings. The summed E-state index contributed by atoms with van der Waals surface area (Å²) in [5.41, 5.74) is 11.7. The summed E-state index contributed by atoms with van der Waals surface area (Å²) in [5, 5.41) is 24.8. The van der Waals surface area contributed by atoms with Crippen molar-refractivity contribution in [2.24, 2.45) is 23.3 Å². The van der Waals surface area contributed by atoms with Crippen LogP contribution in [0.5, 0.6) is 5.75 Å². The summed E-state index contributed by atoms with van der Waals surface area (Å²) < 4.78 is 0. The number of phenols is 1. The topological polar surface area (TPSA) is 264 Å².